The fourth-order valence-electron chi connectivity index (χ4n) is 1.99. The van der Waals surface area contributed by atoms with E-state index in [2.05, 4.69) is 55.5 Å². The van der Waals surface area contributed by atoms with E-state index < -0.39 is 16.9 Å². The summed E-state index contributed by atoms with van der Waals surface area (Å²) >= 11 is 4.61. The van der Waals surface area contributed by atoms with Crippen molar-refractivity contribution in [2.24, 2.45) is 0 Å². The molecule has 0 saturated heterocycles. The highest BCUT2D eigenvalue weighted by Crippen LogP contribution is 2.24. The first-order valence-corrected chi connectivity index (χ1v) is 9.53. The minimum absolute atomic E-state index is 0.126. The van der Waals surface area contributed by atoms with Crippen LogP contribution >= 0.6 is 12.2 Å². The zero-order valence-corrected chi connectivity index (χ0v) is 17.3. The van der Waals surface area contributed by atoms with Crippen molar-refractivity contribution in [3.05, 3.63) is 30.2 Å². The number of hydrogen-bond donors (Lipinski definition) is 4. The molecule has 0 amide bonds. The van der Waals surface area contributed by atoms with E-state index in [1.165, 1.54) is 0 Å². The molecule has 27 heavy (non-hydrogen) atoms. The van der Waals surface area contributed by atoms with Crippen molar-refractivity contribution in [1.82, 2.24) is 15.6 Å². The highest BCUT2D eigenvalue weighted by Gasteiger charge is 2.25. The maximum absolute atomic E-state index is 10.7. The third kappa shape index (κ3) is 10.6. The normalized spacial score (nSPS) is 11.0. The lowest BCUT2D eigenvalue weighted by atomic mass is 10.1. The van der Waals surface area contributed by atoms with Gasteiger partial charge in [0.15, 0.2) is 10.6 Å². The number of hydrogen-bond acceptors (Lipinski definition) is 6. The molecule has 0 bridgehead atoms. The molecule has 2 rings (SSSR count). The predicted molar refractivity (Wildman–Crippen MR) is 113 cm³/mol. The monoisotopic (exact) mass is 397 g/mol. The quantitative estimate of drug-likeness (QED) is 0.501. The van der Waals surface area contributed by atoms with Gasteiger partial charge in [-0.1, -0.05) is 39.8 Å². The fourth-order valence-corrected chi connectivity index (χ4v) is 2.18. The molecule has 8 heteroatoms. The number of aromatic nitrogens is 1. The van der Waals surface area contributed by atoms with E-state index in [0.717, 1.165) is 26.2 Å². The molecule has 0 radical (unpaired) electrons. The number of carboxylic acid groups (broad SMARTS) is 1. The summed E-state index contributed by atoms with van der Waals surface area (Å²) in [5, 5.41) is 23.8. The van der Waals surface area contributed by atoms with Crippen LogP contribution in [-0.4, -0.2) is 52.4 Å². The molecule has 4 N–H and O–H groups in total. The number of aliphatic hydroxyl groups excluding tert-OH is 1. The molecule has 152 valence electrons. The number of thiocarbonyl (C=S) groups is 1. The van der Waals surface area contributed by atoms with Gasteiger partial charge in [-0.3, -0.25) is 4.79 Å². The summed E-state index contributed by atoms with van der Waals surface area (Å²) < 4.78 is 5.37. The topological polar surface area (TPSA) is 108 Å². The Labute approximate surface area is 166 Å². The molecule has 1 heterocycles. The van der Waals surface area contributed by atoms with E-state index in [-0.39, 0.29) is 12.3 Å². The van der Waals surface area contributed by atoms with E-state index in [9.17, 15) is 9.90 Å². The van der Waals surface area contributed by atoms with Crippen LogP contribution in [0.15, 0.2) is 28.7 Å². The summed E-state index contributed by atoms with van der Waals surface area (Å²) in [6.45, 7) is 12.8. The van der Waals surface area contributed by atoms with E-state index in [4.69, 9.17) is 9.52 Å². The molecule has 2 aromatic rings. The van der Waals surface area contributed by atoms with Crippen molar-refractivity contribution in [2.45, 2.75) is 40.0 Å². The Hall–Kier alpha value is -2.03. The Morgan fingerprint density at radius 3 is 1.96 bits per heavy atom. The summed E-state index contributed by atoms with van der Waals surface area (Å²) in [5.74, 6) is -1.84. The number of carbonyl (C=O) groups is 1. The van der Waals surface area contributed by atoms with Crippen LogP contribution in [0.25, 0.3) is 11.1 Å². The summed E-state index contributed by atoms with van der Waals surface area (Å²) in [6.07, 6.45) is -0.345. The lowest BCUT2D eigenvalue weighted by Gasteiger charge is -2.06. The standard InChI is InChI=1S/C11H9NO4S.2C4H11N/c13-9(14)5-6(11(15)17)10-12-7-3-1-2-4-8(7)16-10;2*1-3-5-4-2/h1-4,6H,5H2,(H,13,14)(H,15,17);2*5H,3-4H2,1-2H3. The first kappa shape index (κ1) is 25.0. The number of aliphatic carboxylic acids is 1. The van der Waals surface area contributed by atoms with Crippen LogP contribution < -0.4 is 10.6 Å². The van der Waals surface area contributed by atoms with Crippen LogP contribution in [0.4, 0.5) is 0 Å². The van der Waals surface area contributed by atoms with Crippen LogP contribution in [0, 0.1) is 0 Å². The highest BCUT2D eigenvalue weighted by molar-refractivity contribution is 7.80. The largest absolute Gasteiger partial charge is 0.501 e. The number of carboxylic acids is 1. The number of aliphatic hydroxyl groups is 1. The van der Waals surface area contributed by atoms with Crippen molar-refractivity contribution in [3.63, 3.8) is 0 Å². The van der Waals surface area contributed by atoms with Gasteiger partial charge in [0, 0.05) is 0 Å². The minimum Gasteiger partial charge on any atom is -0.501 e. The summed E-state index contributed by atoms with van der Waals surface area (Å²) in [5.41, 5.74) is 1.14. The minimum atomic E-state index is -1.08. The van der Waals surface area contributed by atoms with Crippen LogP contribution in [0.1, 0.15) is 45.9 Å². The first-order valence-electron chi connectivity index (χ1n) is 9.12. The zero-order chi connectivity index (χ0) is 20.7. The van der Waals surface area contributed by atoms with Crippen LogP contribution in [-0.2, 0) is 4.79 Å². The van der Waals surface area contributed by atoms with E-state index in [1.54, 1.807) is 24.3 Å². The van der Waals surface area contributed by atoms with Crippen molar-refractivity contribution in [3.8, 4) is 0 Å². The van der Waals surface area contributed by atoms with Gasteiger partial charge >= 0.3 is 5.97 Å². The first-order chi connectivity index (χ1) is 12.9. The lowest BCUT2D eigenvalue weighted by Crippen LogP contribution is -2.14. The molecule has 0 fully saturated rings. The van der Waals surface area contributed by atoms with Crippen molar-refractivity contribution < 1.29 is 19.4 Å². The molecular weight excluding hydrogens is 366 g/mol. The smallest absolute Gasteiger partial charge is 0.304 e. The fraction of sp³-hybridized carbons (Fsp3) is 0.526. The molecule has 0 saturated carbocycles. The molecule has 0 spiro atoms. The average Bonchev–Trinajstić information content (AvgIpc) is 3.05. The Balaban J connectivity index is 0.000000563. The number of fused-ring (bicyclic) bond motifs is 1. The molecule has 1 aromatic heterocycles. The lowest BCUT2D eigenvalue weighted by molar-refractivity contribution is -0.137. The molecular formula is C19H31N3O4S. The number of nitrogens with one attached hydrogen (secondary N) is 2. The summed E-state index contributed by atoms with van der Waals surface area (Å²) in [7, 11) is 0. The second-order valence-corrected chi connectivity index (χ2v) is 5.84. The molecule has 1 atom stereocenters. The molecule has 0 aliphatic carbocycles. The van der Waals surface area contributed by atoms with Crippen molar-refractivity contribution >= 4 is 34.3 Å². The number of para-hydroxylation sites is 2. The second-order valence-electron chi connectivity index (χ2n) is 5.42. The number of benzene rings is 1. The number of oxazole rings is 1. The molecule has 0 aliphatic rings. The van der Waals surface area contributed by atoms with Gasteiger partial charge < -0.3 is 25.3 Å². The Bertz CT molecular complexity index is 633. The predicted octanol–water partition coefficient (Wildman–Crippen LogP) is 3.50. The van der Waals surface area contributed by atoms with Crippen LogP contribution in [0.5, 0.6) is 0 Å². The SMILES string of the molecule is CCNCC.CCNCC.O=C(O)CC(C(O)=S)c1nc2ccccc2o1. The van der Waals surface area contributed by atoms with Gasteiger partial charge in [-0.05, 0) is 50.5 Å². The second kappa shape index (κ2) is 15.1. The van der Waals surface area contributed by atoms with Gasteiger partial charge in [0.2, 0.25) is 5.89 Å². The summed E-state index contributed by atoms with van der Waals surface area (Å²) in [6, 6.07) is 7.02. The third-order valence-corrected chi connectivity index (χ3v) is 3.57. The van der Waals surface area contributed by atoms with Gasteiger partial charge in [-0.25, -0.2) is 4.98 Å². The maximum Gasteiger partial charge on any atom is 0.304 e. The maximum atomic E-state index is 10.7. The number of nitrogens with zero attached hydrogens (tertiary/aromatic N) is 1. The van der Waals surface area contributed by atoms with Gasteiger partial charge in [0.1, 0.15) is 11.4 Å². The van der Waals surface area contributed by atoms with E-state index >= 15 is 0 Å². The molecule has 0 aliphatic heterocycles. The Morgan fingerprint density at radius 1 is 1.07 bits per heavy atom. The van der Waals surface area contributed by atoms with Gasteiger partial charge in [-0.15, -0.1) is 0 Å². The molecule has 1 unspecified atom stereocenters. The highest BCUT2D eigenvalue weighted by atomic mass is 32.1. The number of rotatable bonds is 8. The van der Waals surface area contributed by atoms with E-state index in [1.807, 2.05) is 0 Å². The van der Waals surface area contributed by atoms with Crippen molar-refractivity contribution in [2.75, 3.05) is 26.2 Å². The van der Waals surface area contributed by atoms with Crippen molar-refractivity contribution in [1.29, 1.82) is 0 Å². The third-order valence-electron chi connectivity index (χ3n) is 3.29. The molecule has 1 aromatic carbocycles. The Kier molecular flexibility index (Phi) is 13.9. The van der Waals surface area contributed by atoms with Crippen LogP contribution in [0.3, 0.4) is 0 Å². The van der Waals surface area contributed by atoms with Gasteiger partial charge in [-0.2, -0.15) is 0 Å². The van der Waals surface area contributed by atoms with Gasteiger partial charge in [0.25, 0.3) is 0 Å². The average molecular weight is 398 g/mol. The van der Waals surface area contributed by atoms with Crippen LogP contribution in [0.2, 0.25) is 0 Å². The van der Waals surface area contributed by atoms with E-state index in [0.29, 0.717) is 11.1 Å². The zero-order valence-electron chi connectivity index (χ0n) is 16.5. The molecule has 7 nitrogen and oxygen atoms in total. The van der Waals surface area contributed by atoms with Gasteiger partial charge in [0.05, 0.1) is 6.42 Å². The Morgan fingerprint density at radius 2 is 1.59 bits per heavy atom. The summed E-state index contributed by atoms with van der Waals surface area (Å²) in [4.78, 5) is 14.8.